The number of amides is 1. The molecule has 1 amide bonds. The molecule has 1 N–H and O–H groups in total. The first-order chi connectivity index (χ1) is 15.1. The number of carbonyl (C=O) groups is 1. The monoisotopic (exact) mass is 431 g/mol. The number of anilines is 1. The molecule has 8 heteroatoms. The molecule has 0 aliphatic carbocycles. The molecule has 2 aromatic carbocycles. The third kappa shape index (κ3) is 4.92. The van der Waals surface area contributed by atoms with Crippen molar-refractivity contribution in [3.8, 4) is 23.0 Å². The number of hydrogen-bond donors (Lipinski definition) is 1. The number of nitrogens with zero attached hydrogens (tertiary/aromatic N) is 4. The van der Waals surface area contributed by atoms with E-state index in [2.05, 4.69) is 20.5 Å². The van der Waals surface area contributed by atoms with Crippen molar-refractivity contribution >= 4 is 23.4 Å². The van der Waals surface area contributed by atoms with Crippen molar-refractivity contribution in [1.29, 1.82) is 0 Å². The molecule has 0 aliphatic heterocycles. The predicted octanol–water partition coefficient (Wildman–Crippen LogP) is 4.38. The predicted molar refractivity (Wildman–Crippen MR) is 122 cm³/mol. The quantitative estimate of drug-likeness (QED) is 0.438. The Labute approximate surface area is 184 Å². The van der Waals surface area contributed by atoms with Crippen LogP contribution in [0.25, 0.3) is 17.2 Å². The molecule has 156 valence electrons. The summed E-state index contributed by atoms with van der Waals surface area (Å²) >= 11 is 1.32. The summed E-state index contributed by atoms with van der Waals surface area (Å²) in [5, 5.41) is 12.2. The molecule has 0 spiro atoms. The van der Waals surface area contributed by atoms with E-state index in [1.54, 1.807) is 13.3 Å². The van der Waals surface area contributed by atoms with Crippen molar-refractivity contribution in [1.82, 2.24) is 19.7 Å². The summed E-state index contributed by atoms with van der Waals surface area (Å²) in [6.07, 6.45) is 1.71. The number of aryl methyl sites for hydroxylation is 1. The number of pyridine rings is 1. The first kappa shape index (κ1) is 20.6. The molecule has 0 saturated carbocycles. The molecular formula is C23H21N5O2S. The third-order valence-corrected chi connectivity index (χ3v) is 5.42. The van der Waals surface area contributed by atoms with Crippen molar-refractivity contribution in [2.45, 2.75) is 12.1 Å². The van der Waals surface area contributed by atoms with Crippen molar-refractivity contribution in [3.05, 3.63) is 78.5 Å². The number of ether oxygens (including phenoxy) is 1. The summed E-state index contributed by atoms with van der Waals surface area (Å²) in [7, 11) is 1.63. The Hall–Kier alpha value is -3.65. The van der Waals surface area contributed by atoms with Gasteiger partial charge in [-0.2, -0.15) is 0 Å². The average Bonchev–Trinajstić information content (AvgIpc) is 3.22. The molecule has 7 nitrogen and oxygen atoms in total. The molecule has 0 fully saturated rings. The molecule has 31 heavy (non-hydrogen) atoms. The van der Waals surface area contributed by atoms with Gasteiger partial charge in [0.2, 0.25) is 5.91 Å². The van der Waals surface area contributed by atoms with Crippen LogP contribution < -0.4 is 10.1 Å². The smallest absolute Gasteiger partial charge is 0.234 e. The van der Waals surface area contributed by atoms with E-state index in [-0.39, 0.29) is 11.7 Å². The summed E-state index contributed by atoms with van der Waals surface area (Å²) < 4.78 is 7.16. The van der Waals surface area contributed by atoms with Gasteiger partial charge in [-0.15, -0.1) is 10.2 Å². The maximum Gasteiger partial charge on any atom is 0.234 e. The van der Waals surface area contributed by atoms with Gasteiger partial charge in [-0.05, 0) is 61.0 Å². The number of nitrogens with one attached hydrogen (secondary N) is 1. The van der Waals surface area contributed by atoms with Crippen molar-refractivity contribution < 1.29 is 9.53 Å². The summed E-state index contributed by atoms with van der Waals surface area (Å²) in [5.41, 5.74) is 3.41. The fourth-order valence-electron chi connectivity index (χ4n) is 3.04. The fraction of sp³-hybridized carbons (Fsp3) is 0.130. The minimum atomic E-state index is -0.112. The summed E-state index contributed by atoms with van der Waals surface area (Å²) in [6.45, 7) is 1.99. The molecular weight excluding hydrogens is 410 g/mol. The van der Waals surface area contributed by atoms with E-state index < -0.39 is 0 Å². The van der Waals surface area contributed by atoms with Crippen LogP contribution in [0, 0.1) is 6.92 Å². The van der Waals surface area contributed by atoms with Crippen LogP contribution in [0.5, 0.6) is 5.75 Å². The highest BCUT2D eigenvalue weighted by molar-refractivity contribution is 7.99. The van der Waals surface area contributed by atoms with Crippen molar-refractivity contribution in [2.75, 3.05) is 18.2 Å². The van der Waals surface area contributed by atoms with Gasteiger partial charge in [0, 0.05) is 11.9 Å². The number of rotatable bonds is 7. The minimum absolute atomic E-state index is 0.112. The van der Waals surface area contributed by atoms with Gasteiger partial charge in [-0.3, -0.25) is 14.3 Å². The van der Waals surface area contributed by atoms with E-state index in [4.69, 9.17) is 4.74 Å². The van der Waals surface area contributed by atoms with Crippen LogP contribution in [-0.2, 0) is 4.79 Å². The molecule has 0 radical (unpaired) electrons. The van der Waals surface area contributed by atoms with Crippen LogP contribution in [0.1, 0.15) is 5.56 Å². The SMILES string of the molecule is COc1ccc(-n2c(SCC(=O)Nc3cccc(C)c3)nnc2-c2ccccn2)cc1. The van der Waals surface area contributed by atoms with Gasteiger partial charge in [-0.1, -0.05) is 30.0 Å². The molecule has 0 bridgehead atoms. The van der Waals surface area contributed by atoms with Gasteiger partial charge in [0.1, 0.15) is 11.4 Å². The lowest BCUT2D eigenvalue weighted by Gasteiger charge is -2.11. The van der Waals surface area contributed by atoms with Gasteiger partial charge < -0.3 is 10.1 Å². The maximum absolute atomic E-state index is 12.5. The largest absolute Gasteiger partial charge is 0.497 e. The molecule has 0 atom stereocenters. The van der Waals surface area contributed by atoms with Crippen LogP contribution in [0.15, 0.2) is 78.1 Å². The van der Waals surface area contributed by atoms with Crippen molar-refractivity contribution in [3.63, 3.8) is 0 Å². The maximum atomic E-state index is 12.5. The Morgan fingerprint density at radius 1 is 1.06 bits per heavy atom. The first-order valence-electron chi connectivity index (χ1n) is 9.64. The summed E-state index contributed by atoms with van der Waals surface area (Å²) in [4.78, 5) is 16.9. The Morgan fingerprint density at radius 3 is 2.61 bits per heavy atom. The van der Waals surface area contributed by atoms with E-state index in [1.165, 1.54) is 11.8 Å². The second-order valence-corrected chi connectivity index (χ2v) is 7.70. The number of hydrogen-bond acceptors (Lipinski definition) is 6. The lowest BCUT2D eigenvalue weighted by Crippen LogP contribution is -2.14. The lowest BCUT2D eigenvalue weighted by atomic mass is 10.2. The standard InChI is InChI=1S/C23H21N5O2S/c1-16-6-5-7-17(14-16)25-21(29)15-31-23-27-26-22(20-8-3-4-13-24-20)28(23)18-9-11-19(30-2)12-10-18/h3-14H,15H2,1-2H3,(H,25,29). The lowest BCUT2D eigenvalue weighted by molar-refractivity contribution is -0.113. The van der Waals surface area contributed by atoms with Gasteiger partial charge in [-0.25, -0.2) is 0 Å². The Balaban J connectivity index is 1.59. The summed E-state index contributed by atoms with van der Waals surface area (Å²) in [6, 6.07) is 20.9. The highest BCUT2D eigenvalue weighted by Crippen LogP contribution is 2.28. The number of thioether (sulfide) groups is 1. The van der Waals surface area contributed by atoms with E-state index in [0.29, 0.717) is 16.7 Å². The van der Waals surface area contributed by atoms with Crippen molar-refractivity contribution in [2.24, 2.45) is 0 Å². The van der Waals surface area contributed by atoms with Crippen LogP contribution >= 0.6 is 11.8 Å². The third-order valence-electron chi connectivity index (χ3n) is 4.49. The number of benzene rings is 2. The molecule has 0 saturated heterocycles. The number of methoxy groups -OCH3 is 1. The van der Waals surface area contributed by atoms with E-state index in [1.807, 2.05) is 78.2 Å². The zero-order chi connectivity index (χ0) is 21.6. The van der Waals surface area contributed by atoms with Crippen LogP contribution in [0.2, 0.25) is 0 Å². The highest BCUT2D eigenvalue weighted by Gasteiger charge is 2.18. The number of aromatic nitrogens is 4. The van der Waals surface area contributed by atoms with E-state index in [9.17, 15) is 4.79 Å². The fourth-order valence-corrected chi connectivity index (χ4v) is 3.79. The second-order valence-electron chi connectivity index (χ2n) is 6.76. The van der Waals surface area contributed by atoms with Gasteiger partial charge in [0.15, 0.2) is 11.0 Å². The Morgan fingerprint density at radius 2 is 1.90 bits per heavy atom. The molecule has 0 unspecified atom stereocenters. The zero-order valence-electron chi connectivity index (χ0n) is 17.1. The van der Waals surface area contributed by atoms with Gasteiger partial charge >= 0.3 is 0 Å². The average molecular weight is 432 g/mol. The first-order valence-corrected chi connectivity index (χ1v) is 10.6. The molecule has 4 rings (SSSR count). The highest BCUT2D eigenvalue weighted by atomic mass is 32.2. The molecule has 2 heterocycles. The molecule has 0 aliphatic rings. The van der Waals surface area contributed by atoms with Crippen LogP contribution in [0.4, 0.5) is 5.69 Å². The Kier molecular flexibility index (Phi) is 6.28. The topological polar surface area (TPSA) is 81.9 Å². The minimum Gasteiger partial charge on any atom is -0.497 e. The van der Waals surface area contributed by atoms with E-state index >= 15 is 0 Å². The van der Waals surface area contributed by atoms with Crippen LogP contribution in [-0.4, -0.2) is 38.5 Å². The normalized spacial score (nSPS) is 10.6. The summed E-state index contributed by atoms with van der Waals surface area (Å²) in [5.74, 6) is 1.44. The second kappa shape index (κ2) is 9.44. The van der Waals surface area contributed by atoms with Gasteiger partial charge in [0.25, 0.3) is 0 Å². The Bertz CT molecular complexity index is 1180. The zero-order valence-corrected chi connectivity index (χ0v) is 18.0. The van der Waals surface area contributed by atoms with Crippen LogP contribution in [0.3, 0.4) is 0 Å². The molecule has 4 aromatic rings. The molecule has 2 aromatic heterocycles. The van der Waals surface area contributed by atoms with Gasteiger partial charge in [0.05, 0.1) is 18.6 Å². The van der Waals surface area contributed by atoms with E-state index in [0.717, 1.165) is 22.7 Å². The number of carbonyl (C=O) groups excluding carboxylic acids is 1.